The third-order valence-electron chi connectivity index (χ3n) is 5.64. The lowest BCUT2D eigenvalue weighted by molar-refractivity contribution is 0.127. The van der Waals surface area contributed by atoms with Crippen LogP contribution < -0.4 is 0 Å². The van der Waals surface area contributed by atoms with E-state index in [1.807, 2.05) is 0 Å². The highest BCUT2D eigenvalue weighted by Gasteiger charge is 2.48. The van der Waals surface area contributed by atoms with Gasteiger partial charge in [-0.1, -0.05) is 41.5 Å². The minimum absolute atomic E-state index is 0.0447. The summed E-state index contributed by atoms with van der Waals surface area (Å²) in [4.78, 5) is 2.65. The summed E-state index contributed by atoms with van der Waals surface area (Å²) < 4.78 is 8.97. The number of rotatable bonds is 7. The largest absolute Gasteiger partial charge is 0.418 e. The summed E-state index contributed by atoms with van der Waals surface area (Å²) >= 11 is 0. The molecule has 23 heavy (non-hydrogen) atoms. The summed E-state index contributed by atoms with van der Waals surface area (Å²) in [6.45, 7) is 26.4. The van der Waals surface area contributed by atoms with E-state index in [9.17, 15) is 0 Å². The molecule has 0 unspecified atom stereocenters. The van der Waals surface area contributed by atoms with Crippen molar-refractivity contribution in [2.45, 2.75) is 84.5 Å². The molecule has 5 heteroatoms. The van der Waals surface area contributed by atoms with Crippen molar-refractivity contribution in [2.24, 2.45) is 0 Å². The topological polar surface area (TPSA) is 15.7 Å². The Morgan fingerprint density at radius 3 is 1.65 bits per heavy atom. The number of piperazine rings is 1. The second kappa shape index (κ2) is 8.61. The molecular formula is C18H42N2OSi2. The highest BCUT2D eigenvalue weighted by molar-refractivity contribution is 6.81. The molecule has 0 aliphatic carbocycles. The maximum atomic E-state index is 6.03. The van der Waals surface area contributed by atoms with Crippen LogP contribution in [0.5, 0.6) is 0 Å². The van der Waals surface area contributed by atoms with Crippen LogP contribution in [0.15, 0.2) is 0 Å². The van der Waals surface area contributed by atoms with Gasteiger partial charge in [0.05, 0.1) is 0 Å². The zero-order valence-corrected chi connectivity index (χ0v) is 19.7. The van der Waals surface area contributed by atoms with Crippen molar-refractivity contribution in [2.75, 3.05) is 32.3 Å². The van der Waals surface area contributed by atoms with E-state index >= 15 is 0 Å². The van der Waals surface area contributed by atoms with Crippen LogP contribution in [-0.2, 0) is 4.43 Å². The van der Waals surface area contributed by atoms with Crippen molar-refractivity contribution >= 4 is 18.0 Å². The number of hydrogen-bond donors (Lipinski definition) is 0. The van der Waals surface area contributed by atoms with Crippen molar-refractivity contribution in [1.82, 2.24) is 9.47 Å². The van der Waals surface area contributed by atoms with Crippen LogP contribution in [0.4, 0.5) is 0 Å². The molecule has 0 aromatic heterocycles. The molecule has 0 aromatic carbocycles. The van der Waals surface area contributed by atoms with Gasteiger partial charge < -0.3 is 13.9 Å². The predicted molar refractivity (Wildman–Crippen MR) is 108 cm³/mol. The molecule has 0 bridgehead atoms. The Morgan fingerprint density at radius 2 is 1.30 bits per heavy atom. The van der Waals surface area contributed by atoms with Gasteiger partial charge in [0.1, 0.15) is 8.24 Å². The van der Waals surface area contributed by atoms with E-state index in [0.29, 0.717) is 0 Å². The first-order valence-electron chi connectivity index (χ1n) is 9.63. The third-order valence-corrected chi connectivity index (χ3v) is 14.6. The summed E-state index contributed by atoms with van der Waals surface area (Å²) in [5.74, 6) is 0. The maximum Gasteiger partial charge on any atom is 0.176 e. The minimum Gasteiger partial charge on any atom is -0.418 e. The molecule has 0 N–H and O–H groups in total. The number of hydrogen-bond acceptors (Lipinski definition) is 3. The molecular weight excluding hydrogens is 316 g/mol. The Kier molecular flexibility index (Phi) is 7.99. The molecule has 0 amide bonds. The molecule has 1 aliphatic heterocycles. The second-order valence-corrected chi connectivity index (χ2v) is 16.2. The first kappa shape index (κ1) is 21.4. The normalized spacial score (nSPS) is 19.8. The summed E-state index contributed by atoms with van der Waals surface area (Å²) in [6.07, 6.45) is 1.21. The lowest BCUT2D eigenvalue weighted by Crippen LogP contribution is -2.65. The van der Waals surface area contributed by atoms with Crippen LogP contribution in [-0.4, -0.2) is 65.4 Å². The van der Waals surface area contributed by atoms with Gasteiger partial charge in [0, 0.05) is 37.9 Å². The van der Waals surface area contributed by atoms with Crippen LogP contribution in [0.2, 0.25) is 16.6 Å². The van der Waals surface area contributed by atoms with Gasteiger partial charge >= 0.3 is 0 Å². The molecule has 138 valence electrons. The molecule has 3 nitrogen and oxygen atoms in total. The fourth-order valence-corrected chi connectivity index (χ4v) is 13.5. The van der Waals surface area contributed by atoms with E-state index < -0.39 is 18.0 Å². The fourth-order valence-electron chi connectivity index (χ4n) is 4.94. The van der Waals surface area contributed by atoms with Gasteiger partial charge in [0.25, 0.3) is 0 Å². The molecule has 0 atom stereocenters. The van der Waals surface area contributed by atoms with Gasteiger partial charge in [-0.15, -0.1) is 0 Å². The van der Waals surface area contributed by atoms with Gasteiger partial charge in [0.2, 0.25) is 0 Å². The molecule has 0 aromatic rings. The summed E-state index contributed by atoms with van der Waals surface area (Å²) in [7, 11) is -1.85. The Labute approximate surface area is 149 Å². The Balaban J connectivity index is 2.62. The Hall–Kier alpha value is 0.314. The van der Waals surface area contributed by atoms with Crippen LogP contribution in [0.1, 0.15) is 62.3 Å². The van der Waals surface area contributed by atoms with Crippen molar-refractivity contribution in [3.05, 3.63) is 0 Å². The highest BCUT2D eigenvalue weighted by atomic mass is 28.3. The first-order chi connectivity index (χ1) is 10.5. The first-order valence-corrected chi connectivity index (χ1v) is 13.4. The minimum atomic E-state index is -1.43. The summed E-state index contributed by atoms with van der Waals surface area (Å²) in [5, 5.41) is 0. The summed E-state index contributed by atoms with van der Waals surface area (Å²) in [5.41, 5.74) is 2.52. The monoisotopic (exact) mass is 358 g/mol. The lowest BCUT2D eigenvalue weighted by Gasteiger charge is -2.53. The van der Waals surface area contributed by atoms with Crippen LogP contribution >= 0.6 is 0 Å². The molecule has 1 fully saturated rings. The molecule has 0 radical (unpaired) electrons. The smallest absolute Gasteiger partial charge is 0.176 e. The van der Waals surface area contributed by atoms with Gasteiger partial charge in [-0.05, 0) is 37.4 Å². The van der Waals surface area contributed by atoms with Crippen molar-refractivity contribution in [3.63, 3.8) is 0 Å². The molecule has 1 aliphatic rings. The average molecular weight is 359 g/mol. The number of nitrogens with zero attached hydrogens (tertiary/aromatic N) is 2. The van der Waals surface area contributed by atoms with Crippen molar-refractivity contribution < 1.29 is 4.43 Å². The Bertz CT molecular complexity index is 324. The maximum absolute atomic E-state index is 6.03. The van der Waals surface area contributed by atoms with E-state index in [2.05, 4.69) is 71.8 Å². The average Bonchev–Trinajstić information content (AvgIpc) is 2.38. The van der Waals surface area contributed by atoms with Gasteiger partial charge in [0.15, 0.2) is 9.76 Å². The van der Waals surface area contributed by atoms with Crippen LogP contribution in [0.3, 0.4) is 0 Å². The van der Waals surface area contributed by atoms with Crippen LogP contribution in [0, 0.1) is 0 Å². The third kappa shape index (κ3) is 5.39. The van der Waals surface area contributed by atoms with Gasteiger partial charge in [-0.2, -0.15) is 0 Å². The second-order valence-electron chi connectivity index (χ2n) is 9.14. The van der Waals surface area contributed by atoms with E-state index in [4.69, 9.17) is 4.43 Å². The molecule has 0 saturated carbocycles. The zero-order valence-electron chi connectivity index (χ0n) is 17.3. The predicted octanol–water partition coefficient (Wildman–Crippen LogP) is 3.64. The van der Waals surface area contributed by atoms with E-state index in [-0.39, 0.29) is 5.60 Å². The summed E-state index contributed by atoms with van der Waals surface area (Å²) in [6, 6.07) is 0. The lowest BCUT2D eigenvalue weighted by atomic mass is 10.2. The molecule has 1 saturated heterocycles. The van der Waals surface area contributed by atoms with E-state index in [1.54, 1.807) is 0 Å². The standard InChI is InChI=1S/C18H42N2OSi2/c1-15(2)23(16(3)4,17(5)6)20-12-10-19(11-13-20)14-22-21-18(7,8)9/h15-17H,10-14,22H2,1-9H3. The Morgan fingerprint density at radius 1 is 0.870 bits per heavy atom. The van der Waals surface area contributed by atoms with E-state index in [1.165, 1.54) is 32.3 Å². The van der Waals surface area contributed by atoms with Gasteiger partial charge in [-0.3, -0.25) is 0 Å². The van der Waals surface area contributed by atoms with Crippen molar-refractivity contribution in [3.8, 4) is 0 Å². The van der Waals surface area contributed by atoms with Crippen molar-refractivity contribution in [1.29, 1.82) is 0 Å². The molecule has 1 heterocycles. The SMILES string of the molecule is CC(C)[Si](C(C)C)(C(C)C)N1CCN(C[SiH2]OC(C)(C)C)CC1. The van der Waals surface area contributed by atoms with Gasteiger partial charge in [-0.25, -0.2) is 0 Å². The fraction of sp³-hybridized carbons (Fsp3) is 1.00. The highest BCUT2D eigenvalue weighted by Crippen LogP contribution is 2.44. The molecule has 0 spiro atoms. The quantitative estimate of drug-likeness (QED) is 0.646. The van der Waals surface area contributed by atoms with E-state index in [0.717, 1.165) is 16.6 Å². The zero-order chi connectivity index (χ0) is 17.8. The van der Waals surface area contributed by atoms with Crippen LogP contribution in [0.25, 0.3) is 0 Å². The molecule has 1 rings (SSSR count).